The summed E-state index contributed by atoms with van der Waals surface area (Å²) in [6.07, 6.45) is 13.4. The molecular weight excluding hydrogens is 372 g/mol. The summed E-state index contributed by atoms with van der Waals surface area (Å²) in [6.45, 7) is 4.41. The molecule has 154 valence electrons. The van der Waals surface area contributed by atoms with Crippen molar-refractivity contribution in [1.82, 2.24) is 9.80 Å². The predicted octanol–water partition coefficient (Wildman–Crippen LogP) is 5.62. The minimum atomic E-state index is -0.305. The smallest absolute Gasteiger partial charge is 0.410 e. The summed E-state index contributed by atoms with van der Waals surface area (Å²) in [5.41, 5.74) is 0. The molecule has 1 aromatic carbocycles. The van der Waals surface area contributed by atoms with Crippen molar-refractivity contribution < 1.29 is 9.53 Å². The van der Waals surface area contributed by atoms with Crippen LogP contribution in [0.1, 0.15) is 44.9 Å². The van der Waals surface area contributed by atoms with E-state index >= 15 is 0 Å². The number of likely N-dealkylation sites (tertiary alicyclic amines) is 1. The molecule has 0 spiro atoms. The molecule has 1 aliphatic heterocycles. The Morgan fingerprint density at radius 1 is 1.18 bits per heavy atom. The van der Waals surface area contributed by atoms with E-state index in [0.29, 0.717) is 16.7 Å². The van der Waals surface area contributed by atoms with E-state index in [1.54, 1.807) is 29.2 Å². The Kier molecular flexibility index (Phi) is 8.23. The molecule has 1 saturated carbocycles. The van der Waals surface area contributed by atoms with Crippen molar-refractivity contribution in [3.05, 3.63) is 41.4 Å². The fourth-order valence-corrected chi connectivity index (χ4v) is 4.31. The van der Waals surface area contributed by atoms with E-state index in [2.05, 4.69) is 17.1 Å². The third-order valence-corrected chi connectivity index (χ3v) is 6.32. The Morgan fingerprint density at radius 2 is 1.86 bits per heavy atom. The molecule has 28 heavy (non-hydrogen) atoms. The molecule has 1 aromatic rings. The van der Waals surface area contributed by atoms with Crippen LogP contribution in [0.2, 0.25) is 5.02 Å². The molecule has 0 aromatic heterocycles. The lowest BCUT2D eigenvalue weighted by molar-refractivity contribution is 0.157. The van der Waals surface area contributed by atoms with Gasteiger partial charge in [-0.15, -0.1) is 0 Å². The Bertz CT molecular complexity index is 633. The van der Waals surface area contributed by atoms with E-state index in [-0.39, 0.29) is 6.09 Å². The summed E-state index contributed by atoms with van der Waals surface area (Å²) in [4.78, 5) is 16.4. The van der Waals surface area contributed by atoms with Crippen LogP contribution < -0.4 is 4.74 Å². The highest BCUT2D eigenvalue weighted by atomic mass is 35.5. The fraction of sp³-hybridized carbons (Fsp3) is 0.609. The second-order valence-electron chi connectivity index (χ2n) is 8.25. The number of hydrogen-bond donors (Lipinski definition) is 0. The lowest BCUT2D eigenvalue weighted by atomic mass is 9.80. The van der Waals surface area contributed by atoms with E-state index in [1.807, 2.05) is 7.05 Å². The van der Waals surface area contributed by atoms with Crippen molar-refractivity contribution >= 4 is 17.7 Å². The van der Waals surface area contributed by atoms with Gasteiger partial charge in [0, 0.05) is 25.2 Å². The molecule has 0 radical (unpaired) electrons. The topological polar surface area (TPSA) is 32.8 Å². The van der Waals surface area contributed by atoms with Crippen LogP contribution in [0.25, 0.3) is 0 Å². The Morgan fingerprint density at radius 3 is 2.54 bits per heavy atom. The quantitative estimate of drug-likeness (QED) is 0.553. The van der Waals surface area contributed by atoms with Gasteiger partial charge in [-0.3, -0.25) is 4.90 Å². The van der Waals surface area contributed by atoms with Crippen molar-refractivity contribution in [2.75, 3.05) is 33.2 Å². The van der Waals surface area contributed by atoms with Gasteiger partial charge >= 0.3 is 6.09 Å². The van der Waals surface area contributed by atoms with E-state index in [0.717, 1.165) is 25.4 Å². The summed E-state index contributed by atoms with van der Waals surface area (Å²) in [6, 6.07) is 6.88. The van der Waals surface area contributed by atoms with Crippen LogP contribution in [-0.4, -0.2) is 49.1 Å². The number of benzene rings is 1. The number of nitrogens with zero attached hydrogens (tertiary/aromatic N) is 2. The van der Waals surface area contributed by atoms with Crippen LogP contribution in [0, 0.1) is 11.8 Å². The molecule has 0 bridgehead atoms. The van der Waals surface area contributed by atoms with Gasteiger partial charge in [0.2, 0.25) is 0 Å². The van der Waals surface area contributed by atoms with Crippen LogP contribution in [0.3, 0.4) is 0 Å². The van der Waals surface area contributed by atoms with Crippen LogP contribution in [0.5, 0.6) is 5.75 Å². The second kappa shape index (κ2) is 10.9. The average Bonchev–Trinajstić information content (AvgIpc) is 3.22. The normalized spacial score (nSPS) is 23.2. The number of carbonyl (C=O) groups excluding carboxylic acids is 1. The largest absolute Gasteiger partial charge is 0.414 e. The van der Waals surface area contributed by atoms with Crippen LogP contribution in [-0.2, 0) is 0 Å². The third-order valence-electron chi connectivity index (χ3n) is 6.07. The van der Waals surface area contributed by atoms with Gasteiger partial charge in [0.15, 0.2) is 0 Å². The first-order valence-corrected chi connectivity index (χ1v) is 11.1. The minimum Gasteiger partial charge on any atom is -0.410 e. The van der Waals surface area contributed by atoms with E-state index in [9.17, 15) is 4.79 Å². The average molecular weight is 405 g/mol. The van der Waals surface area contributed by atoms with Crippen molar-refractivity contribution in [3.8, 4) is 5.75 Å². The molecule has 1 saturated heterocycles. The maximum Gasteiger partial charge on any atom is 0.414 e. The molecule has 0 unspecified atom stereocenters. The molecule has 0 atom stereocenters. The zero-order valence-corrected chi connectivity index (χ0v) is 17.7. The van der Waals surface area contributed by atoms with Crippen molar-refractivity contribution in [1.29, 1.82) is 0 Å². The van der Waals surface area contributed by atoms with Gasteiger partial charge in [-0.05, 0) is 94.1 Å². The SMILES string of the molecule is CN(CCC1CCC(/C=C/CN2CCCC2)CC1)C(=O)Oc1ccc(Cl)cc1. The number of ether oxygens (including phenoxy) is 1. The number of rotatable bonds is 7. The van der Waals surface area contributed by atoms with Crippen LogP contribution >= 0.6 is 11.6 Å². The fourth-order valence-electron chi connectivity index (χ4n) is 4.19. The molecule has 5 heteroatoms. The highest BCUT2D eigenvalue weighted by Crippen LogP contribution is 2.31. The van der Waals surface area contributed by atoms with Gasteiger partial charge in [-0.2, -0.15) is 0 Å². The zero-order chi connectivity index (χ0) is 19.8. The van der Waals surface area contributed by atoms with E-state index < -0.39 is 0 Å². The third kappa shape index (κ3) is 6.82. The molecule has 1 amide bonds. The number of allylic oxidation sites excluding steroid dienone is 1. The van der Waals surface area contributed by atoms with Crippen molar-refractivity contribution in [3.63, 3.8) is 0 Å². The maximum atomic E-state index is 12.2. The minimum absolute atomic E-state index is 0.305. The lowest BCUT2D eigenvalue weighted by Crippen LogP contribution is -2.32. The first-order valence-electron chi connectivity index (χ1n) is 10.7. The first kappa shape index (κ1) is 21.2. The zero-order valence-electron chi connectivity index (χ0n) is 17.0. The Labute approximate surface area is 174 Å². The molecule has 1 heterocycles. The second-order valence-corrected chi connectivity index (χ2v) is 8.69. The van der Waals surface area contributed by atoms with Gasteiger partial charge in [0.1, 0.15) is 5.75 Å². The number of carbonyl (C=O) groups is 1. The molecule has 3 rings (SSSR count). The highest BCUT2D eigenvalue weighted by Gasteiger charge is 2.21. The molecule has 1 aliphatic carbocycles. The molecule has 0 N–H and O–H groups in total. The van der Waals surface area contributed by atoms with Crippen LogP contribution in [0.15, 0.2) is 36.4 Å². The summed E-state index contributed by atoms with van der Waals surface area (Å²) in [5, 5.41) is 0.634. The Balaban J connectivity index is 1.31. The monoisotopic (exact) mass is 404 g/mol. The predicted molar refractivity (Wildman–Crippen MR) is 115 cm³/mol. The van der Waals surface area contributed by atoms with Crippen LogP contribution in [0.4, 0.5) is 4.79 Å². The number of halogens is 1. The molecular formula is C23H33ClN2O2. The van der Waals surface area contributed by atoms with Gasteiger partial charge in [-0.1, -0.05) is 23.8 Å². The highest BCUT2D eigenvalue weighted by molar-refractivity contribution is 6.30. The number of hydrogen-bond acceptors (Lipinski definition) is 3. The van der Waals surface area contributed by atoms with Gasteiger partial charge in [0.05, 0.1) is 0 Å². The molecule has 2 aliphatic rings. The van der Waals surface area contributed by atoms with Crippen molar-refractivity contribution in [2.45, 2.75) is 44.9 Å². The number of amides is 1. The van der Waals surface area contributed by atoms with Gasteiger partial charge in [0.25, 0.3) is 0 Å². The summed E-state index contributed by atoms with van der Waals surface area (Å²) < 4.78 is 5.39. The summed E-state index contributed by atoms with van der Waals surface area (Å²) >= 11 is 5.86. The summed E-state index contributed by atoms with van der Waals surface area (Å²) in [7, 11) is 1.81. The Hall–Kier alpha value is -1.52. The van der Waals surface area contributed by atoms with Crippen molar-refractivity contribution in [2.24, 2.45) is 11.8 Å². The van der Waals surface area contributed by atoms with E-state index in [4.69, 9.17) is 16.3 Å². The first-order chi connectivity index (χ1) is 13.6. The molecule has 4 nitrogen and oxygen atoms in total. The van der Waals surface area contributed by atoms with Gasteiger partial charge in [-0.25, -0.2) is 4.79 Å². The lowest BCUT2D eigenvalue weighted by Gasteiger charge is -2.28. The standard InChI is InChI=1S/C23H33ClN2O2/c1-25(23(27)28-22-12-10-21(24)11-13-22)18-14-20-8-6-19(7-9-20)5-4-17-26-15-2-3-16-26/h4-5,10-13,19-20H,2-3,6-9,14-18H2,1H3/b5-4+. The van der Waals surface area contributed by atoms with Gasteiger partial charge < -0.3 is 9.64 Å². The van der Waals surface area contributed by atoms with E-state index in [1.165, 1.54) is 51.6 Å². The molecule has 2 fully saturated rings. The summed E-state index contributed by atoms with van der Waals surface area (Å²) in [5.74, 6) is 1.99. The maximum absolute atomic E-state index is 12.2.